The van der Waals surface area contributed by atoms with Crippen LogP contribution >= 0.6 is 0 Å². The zero-order valence-electron chi connectivity index (χ0n) is 16.1. The molecule has 1 fully saturated rings. The average molecular weight is 369 g/mol. The molecule has 0 saturated carbocycles. The number of allylic oxidation sites excluding steroid dienone is 2. The van der Waals surface area contributed by atoms with Gasteiger partial charge in [-0.1, -0.05) is 84.5 Å². The maximum absolute atomic E-state index is 13.6. The molecule has 3 nitrogen and oxygen atoms in total. The summed E-state index contributed by atoms with van der Waals surface area (Å²) in [4.78, 5) is 28.7. The van der Waals surface area contributed by atoms with Crippen LogP contribution in [0, 0.1) is 24.2 Å². The van der Waals surface area contributed by atoms with Gasteiger partial charge in [0.1, 0.15) is 0 Å². The van der Waals surface area contributed by atoms with Crippen LogP contribution in [0.2, 0.25) is 0 Å². The molecule has 140 valence electrons. The van der Waals surface area contributed by atoms with Crippen molar-refractivity contribution in [1.82, 2.24) is 4.90 Å². The highest BCUT2D eigenvalue weighted by molar-refractivity contribution is 6.11. The number of hydrogen-bond donors (Lipinski definition) is 0. The van der Waals surface area contributed by atoms with Crippen LogP contribution in [-0.2, 0) is 9.59 Å². The van der Waals surface area contributed by atoms with Crippen molar-refractivity contribution in [1.29, 1.82) is 0 Å². The van der Waals surface area contributed by atoms with Crippen molar-refractivity contribution >= 4 is 11.8 Å². The third kappa shape index (κ3) is 2.22. The first-order chi connectivity index (χ1) is 13.5. The van der Waals surface area contributed by atoms with E-state index in [1.54, 1.807) is 0 Å². The molecule has 3 atom stereocenters. The van der Waals surface area contributed by atoms with Crippen LogP contribution in [0.15, 0.2) is 78.9 Å². The summed E-state index contributed by atoms with van der Waals surface area (Å²) in [6, 6.07) is 17.9. The molecule has 1 aliphatic heterocycles. The Morgan fingerprint density at radius 2 is 1.57 bits per heavy atom. The highest BCUT2D eigenvalue weighted by Gasteiger charge is 2.64. The van der Waals surface area contributed by atoms with Gasteiger partial charge in [0.2, 0.25) is 11.8 Å². The summed E-state index contributed by atoms with van der Waals surface area (Å²) in [5, 5.41) is 0. The van der Waals surface area contributed by atoms with Crippen LogP contribution in [0.25, 0.3) is 0 Å². The van der Waals surface area contributed by atoms with Crippen molar-refractivity contribution in [2.45, 2.75) is 25.8 Å². The lowest BCUT2D eigenvalue weighted by molar-refractivity contribution is -0.142. The van der Waals surface area contributed by atoms with Crippen molar-refractivity contribution < 1.29 is 9.59 Å². The predicted octanol–water partition coefficient (Wildman–Crippen LogP) is 4.57. The highest BCUT2D eigenvalue weighted by Crippen LogP contribution is 2.58. The Hall–Kier alpha value is -2.94. The molecular formula is C25H23NO2. The van der Waals surface area contributed by atoms with Gasteiger partial charge in [-0.3, -0.25) is 14.5 Å². The second kappa shape index (κ2) is 6.03. The SMILES string of the molecule is Cc1ccc(C(C)N2C(=O)[C@H]3[C@H](c4ccccc4)C4C=CC3(C=C4)C2=O)cc1. The van der Waals surface area contributed by atoms with E-state index in [9.17, 15) is 9.59 Å². The van der Waals surface area contributed by atoms with Gasteiger partial charge in [-0.2, -0.15) is 0 Å². The van der Waals surface area contributed by atoms with E-state index in [4.69, 9.17) is 0 Å². The fourth-order valence-corrected chi connectivity index (χ4v) is 5.17. The molecule has 6 rings (SSSR count). The zero-order valence-corrected chi connectivity index (χ0v) is 16.1. The molecule has 0 aromatic heterocycles. The van der Waals surface area contributed by atoms with Crippen LogP contribution in [0.3, 0.4) is 0 Å². The Balaban J connectivity index is 1.59. The number of likely N-dealkylation sites (tertiary alicyclic amines) is 1. The maximum Gasteiger partial charge on any atom is 0.244 e. The lowest BCUT2D eigenvalue weighted by Gasteiger charge is -2.42. The summed E-state index contributed by atoms with van der Waals surface area (Å²) in [6.07, 6.45) is 8.17. The zero-order chi connectivity index (χ0) is 19.5. The number of nitrogens with zero attached hydrogens (tertiary/aromatic N) is 1. The van der Waals surface area contributed by atoms with E-state index in [0.29, 0.717) is 0 Å². The largest absolute Gasteiger partial charge is 0.274 e. The fourth-order valence-electron chi connectivity index (χ4n) is 5.17. The molecule has 3 aliphatic carbocycles. The Kier molecular flexibility index (Phi) is 3.70. The number of hydrogen-bond acceptors (Lipinski definition) is 2. The second-order valence-electron chi connectivity index (χ2n) is 8.24. The number of carbonyl (C=O) groups excluding carboxylic acids is 2. The lowest BCUT2D eigenvalue weighted by Crippen LogP contribution is -2.42. The first kappa shape index (κ1) is 17.2. The van der Waals surface area contributed by atoms with Gasteiger partial charge in [-0.15, -0.1) is 0 Å². The molecule has 2 bridgehead atoms. The molecule has 2 amide bonds. The minimum atomic E-state index is -0.842. The number of benzene rings is 2. The summed E-state index contributed by atoms with van der Waals surface area (Å²) in [7, 11) is 0. The predicted molar refractivity (Wildman–Crippen MR) is 108 cm³/mol. The smallest absolute Gasteiger partial charge is 0.244 e. The quantitative estimate of drug-likeness (QED) is 0.587. The maximum atomic E-state index is 13.6. The van der Waals surface area contributed by atoms with E-state index < -0.39 is 5.41 Å². The molecule has 1 spiro atoms. The lowest BCUT2D eigenvalue weighted by atomic mass is 9.57. The van der Waals surface area contributed by atoms with Gasteiger partial charge in [0.25, 0.3) is 0 Å². The molecule has 1 unspecified atom stereocenters. The molecule has 2 aromatic rings. The standard InChI is InChI=1S/C25H23NO2/c1-16-8-10-18(11-9-16)17(2)26-23(27)22-21(19-6-4-3-5-7-19)20-12-14-25(22,15-13-20)24(26)28/h3-15,17,20-22H,1-2H3/t17?,20?,21-,22-,25?/m1/s1. The molecule has 1 saturated heterocycles. The molecular weight excluding hydrogens is 346 g/mol. The minimum Gasteiger partial charge on any atom is -0.274 e. The Bertz CT molecular complexity index is 989. The van der Waals surface area contributed by atoms with Crippen molar-refractivity contribution in [3.05, 3.63) is 95.6 Å². The number of amides is 2. The number of imide groups is 1. The number of aryl methyl sites for hydroxylation is 1. The molecule has 28 heavy (non-hydrogen) atoms. The van der Waals surface area contributed by atoms with Crippen LogP contribution in [-0.4, -0.2) is 16.7 Å². The molecule has 0 radical (unpaired) electrons. The van der Waals surface area contributed by atoms with E-state index in [1.807, 2.05) is 68.5 Å². The van der Waals surface area contributed by atoms with Gasteiger partial charge in [0, 0.05) is 11.8 Å². The van der Waals surface area contributed by atoms with Crippen LogP contribution < -0.4 is 0 Å². The minimum absolute atomic E-state index is 0.00266. The van der Waals surface area contributed by atoms with E-state index >= 15 is 0 Å². The molecule has 1 heterocycles. The molecule has 2 aromatic carbocycles. The van der Waals surface area contributed by atoms with E-state index in [0.717, 1.165) is 16.7 Å². The van der Waals surface area contributed by atoms with Gasteiger partial charge in [0.05, 0.1) is 17.4 Å². The van der Waals surface area contributed by atoms with Crippen LogP contribution in [0.4, 0.5) is 0 Å². The monoisotopic (exact) mass is 369 g/mol. The van der Waals surface area contributed by atoms with Crippen molar-refractivity contribution in [2.24, 2.45) is 17.3 Å². The molecule has 0 N–H and O–H groups in total. The second-order valence-corrected chi connectivity index (χ2v) is 8.24. The normalized spacial score (nSPS) is 31.4. The third-order valence-electron chi connectivity index (χ3n) is 6.70. The van der Waals surface area contributed by atoms with Gasteiger partial charge >= 0.3 is 0 Å². The summed E-state index contributed by atoms with van der Waals surface area (Å²) in [5.74, 6) is -0.355. The summed E-state index contributed by atoms with van der Waals surface area (Å²) in [5.41, 5.74) is 2.43. The van der Waals surface area contributed by atoms with E-state index in [-0.39, 0.29) is 35.6 Å². The summed E-state index contributed by atoms with van der Waals surface area (Å²) in [6.45, 7) is 3.98. The number of rotatable bonds is 3. The summed E-state index contributed by atoms with van der Waals surface area (Å²) < 4.78 is 0. The van der Waals surface area contributed by atoms with Gasteiger partial charge in [-0.05, 0) is 25.0 Å². The van der Waals surface area contributed by atoms with Crippen molar-refractivity contribution in [3.63, 3.8) is 0 Å². The number of carbonyl (C=O) groups is 2. The average Bonchev–Trinajstić information content (AvgIpc) is 2.96. The van der Waals surface area contributed by atoms with Gasteiger partial charge < -0.3 is 0 Å². The fraction of sp³-hybridized carbons (Fsp3) is 0.280. The Morgan fingerprint density at radius 1 is 0.929 bits per heavy atom. The Labute approximate surface area is 165 Å². The summed E-state index contributed by atoms with van der Waals surface area (Å²) >= 11 is 0. The van der Waals surface area contributed by atoms with Crippen molar-refractivity contribution in [2.75, 3.05) is 0 Å². The van der Waals surface area contributed by atoms with E-state index in [1.165, 1.54) is 4.90 Å². The third-order valence-corrected chi connectivity index (χ3v) is 6.70. The topological polar surface area (TPSA) is 37.4 Å². The van der Waals surface area contributed by atoms with Gasteiger partial charge in [0.15, 0.2) is 0 Å². The van der Waals surface area contributed by atoms with E-state index in [2.05, 4.69) is 24.3 Å². The first-order valence-corrected chi connectivity index (χ1v) is 9.91. The molecule has 4 aliphatic rings. The molecule has 3 heteroatoms. The van der Waals surface area contributed by atoms with Gasteiger partial charge in [-0.25, -0.2) is 0 Å². The highest BCUT2D eigenvalue weighted by atomic mass is 16.2. The van der Waals surface area contributed by atoms with Crippen LogP contribution in [0.5, 0.6) is 0 Å². The Morgan fingerprint density at radius 3 is 2.21 bits per heavy atom. The van der Waals surface area contributed by atoms with Crippen molar-refractivity contribution in [3.8, 4) is 0 Å². The van der Waals surface area contributed by atoms with Crippen LogP contribution in [0.1, 0.15) is 35.6 Å². The first-order valence-electron chi connectivity index (χ1n) is 9.91.